The topological polar surface area (TPSA) is 94.5 Å². The molecular weight excluding hydrogens is 528 g/mol. The number of carbonyl (C=O) groups excluding carboxylic acids is 1. The van der Waals surface area contributed by atoms with E-state index in [0.29, 0.717) is 27.8 Å². The standard InChI is InChI=1S/C28H31BrO7/c1-17(2)12-22(31)21-10-11-23(25(27(21)33-3)28(32)34-4)36-26-19(15-30)13-20(29)14-24(26)35-16-18-8-6-5-7-9-18/h5-11,13-14,17,22,30-31H,12,15-16H2,1-4H3. The molecule has 0 aliphatic heterocycles. The summed E-state index contributed by atoms with van der Waals surface area (Å²) in [7, 11) is 2.68. The Morgan fingerprint density at radius 3 is 2.33 bits per heavy atom. The molecule has 3 rings (SSSR count). The molecule has 0 spiro atoms. The van der Waals surface area contributed by atoms with Crippen molar-refractivity contribution in [3.63, 3.8) is 0 Å². The molecular formula is C28H31BrO7. The zero-order valence-electron chi connectivity index (χ0n) is 20.8. The summed E-state index contributed by atoms with van der Waals surface area (Å²) >= 11 is 3.45. The van der Waals surface area contributed by atoms with Gasteiger partial charge in [0.1, 0.15) is 23.7 Å². The molecule has 8 heteroatoms. The van der Waals surface area contributed by atoms with E-state index in [1.54, 1.807) is 24.3 Å². The van der Waals surface area contributed by atoms with Crippen LogP contribution in [0.15, 0.2) is 59.1 Å². The second-order valence-corrected chi connectivity index (χ2v) is 9.54. The number of hydrogen-bond donors (Lipinski definition) is 2. The van der Waals surface area contributed by atoms with Crippen LogP contribution in [0.5, 0.6) is 23.0 Å². The van der Waals surface area contributed by atoms with Gasteiger partial charge in [0, 0.05) is 15.6 Å². The van der Waals surface area contributed by atoms with E-state index in [2.05, 4.69) is 15.9 Å². The van der Waals surface area contributed by atoms with Gasteiger partial charge in [-0.25, -0.2) is 4.79 Å². The summed E-state index contributed by atoms with van der Waals surface area (Å²) in [4.78, 5) is 12.9. The minimum absolute atomic E-state index is 0.0288. The number of carbonyl (C=O) groups is 1. The van der Waals surface area contributed by atoms with Gasteiger partial charge >= 0.3 is 5.97 Å². The van der Waals surface area contributed by atoms with E-state index < -0.39 is 12.1 Å². The smallest absolute Gasteiger partial charge is 0.345 e. The van der Waals surface area contributed by atoms with Crippen molar-refractivity contribution >= 4 is 21.9 Å². The predicted octanol–water partition coefficient (Wildman–Crippen LogP) is 6.19. The van der Waals surface area contributed by atoms with Crippen molar-refractivity contribution in [2.24, 2.45) is 5.92 Å². The first-order valence-electron chi connectivity index (χ1n) is 11.5. The summed E-state index contributed by atoms with van der Waals surface area (Å²) in [6, 6.07) is 16.3. The van der Waals surface area contributed by atoms with Gasteiger partial charge in [-0.15, -0.1) is 0 Å². The van der Waals surface area contributed by atoms with Gasteiger partial charge in [-0.2, -0.15) is 0 Å². The lowest BCUT2D eigenvalue weighted by atomic mass is 9.96. The number of rotatable bonds is 11. The van der Waals surface area contributed by atoms with Gasteiger partial charge in [0.25, 0.3) is 0 Å². The fourth-order valence-electron chi connectivity index (χ4n) is 3.83. The van der Waals surface area contributed by atoms with E-state index in [-0.39, 0.29) is 41.9 Å². The van der Waals surface area contributed by atoms with E-state index in [4.69, 9.17) is 18.9 Å². The number of methoxy groups -OCH3 is 2. The zero-order valence-corrected chi connectivity index (χ0v) is 22.4. The van der Waals surface area contributed by atoms with Crippen molar-refractivity contribution < 1.29 is 34.0 Å². The number of aliphatic hydroxyl groups excluding tert-OH is 2. The minimum atomic E-state index is -0.845. The summed E-state index contributed by atoms with van der Waals surface area (Å²) in [5, 5.41) is 20.8. The van der Waals surface area contributed by atoms with E-state index in [1.807, 2.05) is 44.2 Å². The van der Waals surface area contributed by atoms with Crippen LogP contribution >= 0.6 is 15.9 Å². The number of ether oxygens (including phenoxy) is 4. The average Bonchev–Trinajstić information content (AvgIpc) is 2.87. The van der Waals surface area contributed by atoms with Crippen molar-refractivity contribution in [1.29, 1.82) is 0 Å². The highest BCUT2D eigenvalue weighted by Gasteiger charge is 2.27. The number of benzene rings is 3. The van der Waals surface area contributed by atoms with Crippen LogP contribution in [0.1, 0.15) is 53.4 Å². The molecule has 0 saturated carbocycles. The van der Waals surface area contributed by atoms with E-state index >= 15 is 0 Å². The molecule has 192 valence electrons. The zero-order chi connectivity index (χ0) is 26.2. The van der Waals surface area contributed by atoms with Crippen LogP contribution in [-0.4, -0.2) is 30.4 Å². The molecule has 0 radical (unpaired) electrons. The normalized spacial score (nSPS) is 11.8. The second kappa shape index (κ2) is 12.8. The maximum absolute atomic E-state index is 12.9. The molecule has 0 fully saturated rings. The molecule has 2 N–H and O–H groups in total. The Hall–Kier alpha value is -3.07. The lowest BCUT2D eigenvalue weighted by Crippen LogP contribution is -2.12. The van der Waals surface area contributed by atoms with Crippen LogP contribution in [0, 0.1) is 5.92 Å². The van der Waals surface area contributed by atoms with Crippen molar-refractivity contribution in [3.05, 3.63) is 81.3 Å². The third kappa shape index (κ3) is 6.57. The Kier molecular flexibility index (Phi) is 9.75. The molecule has 3 aromatic carbocycles. The van der Waals surface area contributed by atoms with Gasteiger partial charge in [-0.05, 0) is 42.2 Å². The molecule has 0 amide bonds. The molecule has 0 heterocycles. The molecule has 0 bridgehead atoms. The van der Waals surface area contributed by atoms with Gasteiger partial charge in [-0.1, -0.05) is 60.1 Å². The van der Waals surface area contributed by atoms with Gasteiger partial charge in [-0.3, -0.25) is 0 Å². The molecule has 1 atom stereocenters. The molecule has 36 heavy (non-hydrogen) atoms. The van der Waals surface area contributed by atoms with Crippen LogP contribution in [0.4, 0.5) is 0 Å². The van der Waals surface area contributed by atoms with Crippen LogP contribution in [0.3, 0.4) is 0 Å². The fraction of sp³-hybridized carbons (Fsp3) is 0.321. The lowest BCUT2D eigenvalue weighted by molar-refractivity contribution is 0.0593. The molecule has 0 aliphatic carbocycles. The Balaban J connectivity index is 2.08. The number of esters is 1. The maximum Gasteiger partial charge on any atom is 0.345 e. The largest absolute Gasteiger partial charge is 0.495 e. The van der Waals surface area contributed by atoms with Crippen molar-refractivity contribution in [3.8, 4) is 23.0 Å². The lowest BCUT2D eigenvalue weighted by Gasteiger charge is -2.22. The third-order valence-electron chi connectivity index (χ3n) is 5.51. The number of aliphatic hydroxyl groups is 2. The molecule has 1 unspecified atom stereocenters. The first kappa shape index (κ1) is 27.5. The Morgan fingerprint density at radius 2 is 1.72 bits per heavy atom. The van der Waals surface area contributed by atoms with Crippen LogP contribution in [-0.2, 0) is 18.0 Å². The summed E-state index contributed by atoms with van der Waals surface area (Å²) in [5.74, 6) is 0.467. The third-order valence-corrected chi connectivity index (χ3v) is 5.97. The van der Waals surface area contributed by atoms with Gasteiger partial charge < -0.3 is 29.2 Å². The number of halogens is 1. The SMILES string of the molecule is COC(=O)c1c(Oc2c(CO)cc(Br)cc2OCc2ccccc2)ccc(C(O)CC(C)C)c1OC. The summed E-state index contributed by atoms with van der Waals surface area (Å²) in [6.07, 6.45) is -0.362. The van der Waals surface area contributed by atoms with E-state index in [0.717, 1.165) is 5.56 Å². The predicted molar refractivity (Wildman–Crippen MR) is 140 cm³/mol. The highest BCUT2D eigenvalue weighted by atomic mass is 79.9. The number of hydrogen-bond acceptors (Lipinski definition) is 7. The highest BCUT2D eigenvalue weighted by molar-refractivity contribution is 9.10. The van der Waals surface area contributed by atoms with E-state index in [1.165, 1.54) is 14.2 Å². The van der Waals surface area contributed by atoms with Gasteiger partial charge in [0.05, 0.1) is 26.9 Å². The Labute approximate surface area is 219 Å². The van der Waals surface area contributed by atoms with Crippen molar-refractivity contribution in [2.45, 2.75) is 39.6 Å². The first-order valence-corrected chi connectivity index (χ1v) is 12.3. The van der Waals surface area contributed by atoms with Crippen molar-refractivity contribution in [2.75, 3.05) is 14.2 Å². The van der Waals surface area contributed by atoms with Gasteiger partial charge in [0.2, 0.25) is 0 Å². The van der Waals surface area contributed by atoms with Crippen LogP contribution in [0.25, 0.3) is 0 Å². The monoisotopic (exact) mass is 558 g/mol. The summed E-state index contributed by atoms with van der Waals surface area (Å²) in [5.41, 5.74) is 1.89. The van der Waals surface area contributed by atoms with Crippen LogP contribution in [0.2, 0.25) is 0 Å². The Bertz CT molecular complexity index is 1180. The molecule has 0 saturated heterocycles. The van der Waals surface area contributed by atoms with Gasteiger partial charge in [0.15, 0.2) is 11.5 Å². The molecule has 7 nitrogen and oxygen atoms in total. The van der Waals surface area contributed by atoms with Crippen LogP contribution < -0.4 is 14.2 Å². The summed E-state index contributed by atoms with van der Waals surface area (Å²) in [6.45, 7) is 3.93. The minimum Gasteiger partial charge on any atom is -0.495 e. The fourth-order valence-corrected chi connectivity index (χ4v) is 4.31. The maximum atomic E-state index is 12.9. The second-order valence-electron chi connectivity index (χ2n) is 8.62. The quantitative estimate of drug-likeness (QED) is 0.271. The first-order chi connectivity index (χ1) is 17.3. The average molecular weight is 559 g/mol. The van der Waals surface area contributed by atoms with E-state index in [9.17, 15) is 15.0 Å². The summed E-state index contributed by atoms with van der Waals surface area (Å²) < 4.78 is 23.5. The Morgan fingerprint density at radius 1 is 1.00 bits per heavy atom. The highest BCUT2D eigenvalue weighted by Crippen LogP contribution is 2.43. The molecule has 3 aromatic rings. The molecule has 0 aromatic heterocycles. The van der Waals surface area contributed by atoms with Crippen molar-refractivity contribution in [1.82, 2.24) is 0 Å². The molecule has 0 aliphatic rings.